The number of benzene rings is 1. The van der Waals surface area contributed by atoms with Gasteiger partial charge in [-0.3, -0.25) is 4.79 Å². The van der Waals surface area contributed by atoms with E-state index < -0.39 is 0 Å². The van der Waals surface area contributed by atoms with Gasteiger partial charge in [-0.15, -0.1) is 0 Å². The van der Waals surface area contributed by atoms with Crippen LogP contribution in [0.5, 0.6) is 0 Å². The molecule has 0 aliphatic rings. The minimum Gasteiger partial charge on any atom is -0.305 e. The fraction of sp³-hybridized carbons (Fsp3) is 0. The first-order valence-electron chi connectivity index (χ1n) is 5.13. The van der Waals surface area contributed by atoms with Crippen LogP contribution in [0.1, 0.15) is 15.9 Å². The van der Waals surface area contributed by atoms with Gasteiger partial charge in [-0.1, -0.05) is 11.6 Å². The maximum atomic E-state index is 11.9. The van der Waals surface area contributed by atoms with Crippen LogP contribution in [-0.4, -0.2) is 10.9 Å². The molecule has 1 N–H and O–H groups in total. The smallest absolute Gasteiger partial charge is 0.256 e. The molecular formula is C13H8ClN3O. The maximum Gasteiger partial charge on any atom is 0.256 e. The van der Waals surface area contributed by atoms with Crippen LogP contribution in [0.25, 0.3) is 0 Å². The van der Waals surface area contributed by atoms with Crippen LogP contribution < -0.4 is 5.32 Å². The normalized spacial score (nSPS) is 9.56. The SMILES string of the molecule is N#Cc1ccc(C(=O)Nc2ncccc2Cl)cc1. The molecule has 5 heteroatoms. The molecule has 0 saturated carbocycles. The second kappa shape index (κ2) is 5.30. The van der Waals surface area contributed by atoms with Crippen LogP contribution in [0.4, 0.5) is 5.82 Å². The number of nitrogens with zero attached hydrogens (tertiary/aromatic N) is 2. The van der Waals surface area contributed by atoms with Crippen LogP contribution in [0.2, 0.25) is 5.02 Å². The molecule has 0 fully saturated rings. The Bertz CT molecular complexity index is 617. The first-order valence-corrected chi connectivity index (χ1v) is 5.50. The second-order valence-electron chi connectivity index (χ2n) is 3.48. The molecule has 0 unspecified atom stereocenters. The van der Waals surface area contributed by atoms with E-state index in [1.807, 2.05) is 6.07 Å². The lowest BCUT2D eigenvalue weighted by Gasteiger charge is -2.05. The Labute approximate surface area is 109 Å². The van der Waals surface area contributed by atoms with Gasteiger partial charge in [0.05, 0.1) is 16.7 Å². The average Bonchev–Trinajstić information content (AvgIpc) is 2.41. The minimum absolute atomic E-state index is 0.313. The Morgan fingerprint density at radius 3 is 2.61 bits per heavy atom. The summed E-state index contributed by atoms with van der Waals surface area (Å²) < 4.78 is 0. The number of carbonyl (C=O) groups excluding carboxylic acids is 1. The molecule has 88 valence electrons. The molecule has 1 aromatic carbocycles. The molecule has 2 aromatic rings. The van der Waals surface area contributed by atoms with Gasteiger partial charge in [-0.2, -0.15) is 5.26 Å². The lowest BCUT2D eigenvalue weighted by Crippen LogP contribution is -2.13. The first-order chi connectivity index (χ1) is 8.70. The molecule has 0 aliphatic carbocycles. The summed E-state index contributed by atoms with van der Waals surface area (Å²) in [6.07, 6.45) is 1.54. The van der Waals surface area contributed by atoms with Crippen molar-refractivity contribution in [1.82, 2.24) is 4.98 Å². The van der Waals surface area contributed by atoms with Crippen LogP contribution in [0.15, 0.2) is 42.6 Å². The Kier molecular flexibility index (Phi) is 3.56. The fourth-order valence-corrected chi connectivity index (χ4v) is 1.52. The van der Waals surface area contributed by atoms with Gasteiger partial charge in [0.25, 0.3) is 5.91 Å². The monoisotopic (exact) mass is 257 g/mol. The van der Waals surface area contributed by atoms with Crippen molar-refractivity contribution in [1.29, 1.82) is 5.26 Å². The van der Waals surface area contributed by atoms with E-state index in [4.69, 9.17) is 16.9 Å². The highest BCUT2D eigenvalue weighted by molar-refractivity contribution is 6.33. The van der Waals surface area contributed by atoms with Gasteiger partial charge in [-0.25, -0.2) is 4.98 Å². The number of pyridine rings is 1. The number of hydrogen-bond donors (Lipinski definition) is 1. The average molecular weight is 258 g/mol. The summed E-state index contributed by atoms with van der Waals surface area (Å²) in [7, 11) is 0. The first kappa shape index (κ1) is 12.1. The van der Waals surface area contributed by atoms with Gasteiger partial charge in [0, 0.05) is 11.8 Å². The van der Waals surface area contributed by atoms with Crippen molar-refractivity contribution in [3.05, 3.63) is 58.7 Å². The Hall–Kier alpha value is -2.38. The lowest BCUT2D eigenvalue weighted by molar-refractivity contribution is 0.102. The van der Waals surface area contributed by atoms with E-state index in [0.717, 1.165) is 0 Å². The lowest BCUT2D eigenvalue weighted by atomic mass is 10.1. The zero-order valence-electron chi connectivity index (χ0n) is 9.22. The highest BCUT2D eigenvalue weighted by Crippen LogP contribution is 2.18. The largest absolute Gasteiger partial charge is 0.305 e. The van der Waals surface area contributed by atoms with E-state index >= 15 is 0 Å². The summed E-state index contributed by atoms with van der Waals surface area (Å²) in [5, 5.41) is 11.6. The molecule has 0 atom stereocenters. The van der Waals surface area contributed by atoms with E-state index in [-0.39, 0.29) is 5.91 Å². The number of rotatable bonds is 2. The van der Waals surface area contributed by atoms with E-state index in [9.17, 15) is 4.79 Å². The van der Waals surface area contributed by atoms with E-state index in [1.165, 1.54) is 0 Å². The van der Waals surface area contributed by atoms with Gasteiger partial charge >= 0.3 is 0 Å². The Balaban J connectivity index is 2.17. The van der Waals surface area contributed by atoms with Crippen LogP contribution >= 0.6 is 11.6 Å². The van der Waals surface area contributed by atoms with Gasteiger partial charge in [0.1, 0.15) is 0 Å². The molecule has 0 radical (unpaired) electrons. The number of nitriles is 1. The molecule has 4 nitrogen and oxygen atoms in total. The van der Waals surface area contributed by atoms with Crippen LogP contribution in [0.3, 0.4) is 0 Å². The maximum absolute atomic E-state index is 11.9. The number of aromatic nitrogens is 1. The number of nitrogens with one attached hydrogen (secondary N) is 1. The van der Waals surface area contributed by atoms with Crippen molar-refractivity contribution in [3.8, 4) is 6.07 Å². The summed E-state index contributed by atoms with van der Waals surface area (Å²) >= 11 is 5.88. The fourth-order valence-electron chi connectivity index (χ4n) is 1.35. The molecule has 0 spiro atoms. The molecule has 0 aliphatic heterocycles. The van der Waals surface area contributed by atoms with Crippen molar-refractivity contribution in [2.24, 2.45) is 0 Å². The van der Waals surface area contributed by atoms with Crippen molar-refractivity contribution in [3.63, 3.8) is 0 Å². The third kappa shape index (κ3) is 2.65. The molecule has 2 rings (SSSR count). The molecule has 0 saturated heterocycles. The summed E-state index contributed by atoms with van der Waals surface area (Å²) in [5.74, 6) is -0.00591. The molecule has 1 heterocycles. The topological polar surface area (TPSA) is 65.8 Å². The number of amides is 1. The summed E-state index contributed by atoms with van der Waals surface area (Å²) in [6.45, 7) is 0. The zero-order chi connectivity index (χ0) is 13.0. The summed E-state index contributed by atoms with van der Waals surface area (Å²) in [6, 6.07) is 11.6. The predicted octanol–water partition coefficient (Wildman–Crippen LogP) is 2.86. The van der Waals surface area contributed by atoms with Gasteiger partial charge in [0.2, 0.25) is 0 Å². The molecule has 1 amide bonds. The zero-order valence-corrected chi connectivity index (χ0v) is 9.98. The van der Waals surface area contributed by atoms with Crippen molar-refractivity contribution in [2.45, 2.75) is 0 Å². The number of hydrogen-bond acceptors (Lipinski definition) is 3. The summed E-state index contributed by atoms with van der Waals surface area (Å²) in [4.78, 5) is 15.8. The number of carbonyl (C=O) groups is 1. The quantitative estimate of drug-likeness (QED) is 0.900. The third-order valence-electron chi connectivity index (χ3n) is 2.27. The molecule has 1 aromatic heterocycles. The molecule has 18 heavy (non-hydrogen) atoms. The molecular weight excluding hydrogens is 250 g/mol. The third-order valence-corrected chi connectivity index (χ3v) is 2.57. The highest BCUT2D eigenvalue weighted by atomic mass is 35.5. The van der Waals surface area contributed by atoms with E-state index in [2.05, 4.69) is 10.3 Å². The highest BCUT2D eigenvalue weighted by Gasteiger charge is 2.08. The predicted molar refractivity (Wildman–Crippen MR) is 68.4 cm³/mol. The van der Waals surface area contributed by atoms with Gasteiger partial charge < -0.3 is 5.32 Å². The number of halogens is 1. The second-order valence-corrected chi connectivity index (χ2v) is 3.88. The Morgan fingerprint density at radius 2 is 2.00 bits per heavy atom. The van der Waals surface area contributed by atoms with Crippen molar-refractivity contribution < 1.29 is 4.79 Å². The van der Waals surface area contributed by atoms with E-state index in [0.29, 0.717) is 22.0 Å². The minimum atomic E-state index is -0.319. The number of anilines is 1. The van der Waals surface area contributed by atoms with Crippen molar-refractivity contribution >= 4 is 23.3 Å². The molecule has 0 bridgehead atoms. The standard InChI is InChI=1S/C13H8ClN3O/c14-11-2-1-7-16-12(11)17-13(18)10-5-3-9(8-15)4-6-10/h1-7H,(H,16,17,18). The van der Waals surface area contributed by atoms with Crippen molar-refractivity contribution in [2.75, 3.05) is 5.32 Å². The van der Waals surface area contributed by atoms with Gasteiger partial charge in [0.15, 0.2) is 5.82 Å². The van der Waals surface area contributed by atoms with Crippen LogP contribution in [-0.2, 0) is 0 Å². The summed E-state index contributed by atoms with van der Waals surface area (Å²) in [5.41, 5.74) is 0.943. The Morgan fingerprint density at radius 1 is 1.28 bits per heavy atom. The van der Waals surface area contributed by atoms with E-state index in [1.54, 1.807) is 42.6 Å². The van der Waals surface area contributed by atoms with Crippen LogP contribution in [0, 0.1) is 11.3 Å². The van der Waals surface area contributed by atoms with Gasteiger partial charge in [-0.05, 0) is 36.4 Å².